The van der Waals surface area contributed by atoms with E-state index in [0.29, 0.717) is 0 Å². The predicted molar refractivity (Wildman–Crippen MR) is 79.1 cm³/mol. The van der Waals surface area contributed by atoms with E-state index in [1.165, 1.54) is 37.4 Å². The van der Waals surface area contributed by atoms with Crippen molar-refractivity contribution in [3.63, 3.8) is 0 Å². The summed E-state index contributed by atoms with van der Waals surface area (Å²) in [5, 5.41) is 15.0. The van der Waals surface area contributed by atoms with E-state index in [4.69, 9.17) is 0 Å². The zero-order valence-corrected chi connectivity index (χ0v) is 11.9. The van der Waals surface area contributed by atoms with Crippen molar-refractivity contribution in [1.82, 2.24) is 10.6 Å². The maximum absolute atomic E-state index is 12.8. The van der Waals surface area contributed by atoms with Gasteiger partial charge in [0.1, 0.15) is 11.6 Å². The summed E-state index contributed by atoms with van der Waals surface area (Å²) >= 11 is 0. The first-order valence-corrected chi connectivity index (χ1v) is 6.59. The summed E-state index contributed by atoms with van der Waals surface area (Å²) in [5.74, 6) is -1.73. The van der Waals surface area contributed by atoms with Crippen LogP contribution < -0.4 is 10.6 Å². The van der Waals surface area contributed by atoms with Crippen LogP contribution in [0.2, 0.25) is 0 Å². The molecular formula is C16H15FN2O3. The summed E-state index contributed by atoms with van der Waals surface area (Å²) in [7, 11) is 1.43. The Labute approximate surface area is 126 Å². The number of carbonyl (C=O) groups is 2. The molecule has 0 atom stereocenters. The molecule has 0 saturated carbocycles. The summed E-state index contributed by atoms with van der Waals surface area (Å²) in [4.78, 5) is 23.7. The second kappa shape index (κ2) is 6.71. The first kappa shape index (κ1) is 15.5. The van der Waals surface area contributed by atoms with Gasteiger partial charge in [-0.25, -0.2) is 4.39 Å². The number of aromatic hydroxyl groups is 1. The molecule has 114 valence electrons. The van der Waals surface area contributed by atoms with Crippen LogP contribution in [0.15, 0.2) is 42.5 Å². The largest absolute Gasteiger partial charge is 0.506 e. The standard InChI is InChI=1S/C16H15FN2O3/c1-18-15(21)12-3-2-4-13(14(12)20)16(22)19-9-10-5-7-11(17)8-6-10/h2-8,20H,9H2,1H3,(H,18,21)(H,19,22). The Morgan fingerprint density at radius 3 is 2.23 bits per heavy atom. The molecule has 5 nitrogen and oxygen atoms in total. The average molecular weight is 302 g/mol. The van der Waals surface area contributed by atoms with E-state index in [-0.39, 0.29) is 29.2 Å². The fourth-order valence-electron chi connectivity index (χ4n) is 1.92. The van der Waals surface area contributed by atoms with Crippen LogP contribution in [-0.4, -0.2) is 24.0 Å². The van der Waals surface area contributed by atoms with Crippen molar-refractivity contribution in [1.29, 1.82) is 0 Å². The van der Waals surface area contributed by atoms with E-state index >= 15 is 0 Å². The van der Waals surface area contributed by atoms with Gasteiger partial charge in [0.2, 0.25) is 0 Å². The number of para-hydroxylation sites is 1. The number of phenolic OH excluding ortho intramolecular Hbond substituents is 1. The fourth-order valence-corrected chi connectivity index (χ4v) is 1.92. The first-order valence-electron chi connectivity index (χ1n) is 6.59. The van der Waals surface area contributed by atoms with Crippen LogP contribution in [0.4, 0.5) is 4.39 Å². The number of phenols is 1. The number of halogens is 1. The second-order valence-electron chi connectivity index (χ2n) is 4.59. The Morgan fingerprint density at radius 2 is 1.64 bits per heavy atom. The molecule has 0 aliphatic heterocycles. The van der Waals surface area contributed by atoms with Crippen molar-refractivity contribution in [3.05, 3.63) is 65.0 Å². The summed E-state index contributed by atoms with van der Waals surface area (Å²) in [6.07, 6.45) is 0. The highest BCUT2D eigenvalue weighted by atomic mass is 19.1. The minimum atomic E-state index is -0.521. The van der Waals surface area contributed by atoms with E-state index < -0.39 is 11.8 Å². The van der Waals surface area contributed by atoms with Gasteiger partial charge in [-0.3, -0.25) is 9.59 Å². The van der Waals surface area contributed by atoms with Crippen molar-refractivity contribution in [3.8, 4) is 5.75 Å². The van der Waals surface area contributed by atoms with Gasteiger partial charge in [0, 0.05) is 13.6 Å². The Kier molecular flexibility index (Phi) is 4.73. The van der Waals surface area contributed by atoms with Crippen molar-refractivity contribution in [2.75, 3.05) is 7.05 Å². The monoisotopic (exact) mass is 302 g/mol. The van der Waals surface area contributed by atoms with E-state index in [0.717, 1.165) is 5.56 Å². The highest BCUT2D eigenvalue weighted by Gasteiger charge is 2.17. The molecule has 6 heteroatoms. The van der Waals surface area contributed by atoms with Gasteiger partial charge in [0.15, 0.2) is 0 Å². The third-order valence-electron chi connectivity index (χ3n) is 3.12. The quantitative estimate of drug-likeness (QED) is 0.806. The molecule has 0 aliphatic carbocycles. The Morgan fingerprint density at radius 1 is 1.05 bits per heavy atom. The smallest absolute Gasteiger partial charge is 0.255 e. The van der Waals surface area contributed by atoms with Crippen molar-refractivity contribution < 1.29 is 19.1 Å². The molecule has 0 radical (unpaired) electrons. The van der Waals surface area contributed by atoms with Crippen LogP contribution in [0.5, 0.6) is 5.75 Å². The predicted octanol–water partition coefficient (Wildman–Crippen LogP) is 1.82. The van der Waals surface area contributed by atoms with Gasteiger partial charge >= 0.3 is 0 Å². The third-order valence-corrected chi connectivity index (χ3v) is 3.12. The van der Waals surface area contributed by atoms with Gasteiger partial charge in [-0.1, -0.05) is 18.2 Å². The van der Waals surface area contributed by atoms with E-state index in [9.17, 15) is 19.1 Å². The number of carbonyl (C=O) groups excluding carboxylic acids is 2. The molecular weight excluding hydrogens is 287 g/mol. The maximum atomic E-state index is 12.8. The van der Waals surface area contributed by atoms with E-state index in [1.54, 1.807) is 12.1 Å². The average Bonchev–Trinajstić information content (AvgIpc) is 2.53. The summed E-state index contributed by atoms with van der Waals surface area (Å²) < 4.78 is 12.8. The topological polar surface area (TPSA) is 78.4 Å². The Balaban J connectivity index is 2.12. The van der Waals surface area contributed by atoms with Gasteiger partial charge in [-0.15, -0.1) is 0 Å². The van der Waals surface area contributed by atoms with Crippen molar-refractivity contribution in [2.45, 2.75) is 6.54 Å². The van der Waals surface area contributed by atoms with Crippen LogP contribution in [-0.2, 0) is 6.54 Å². The highest BCUT2D eigenvalue weighted by molar-refractivity contribution is 6.03. The molecule has 0 bridgehead atoms. The molecule has 0 saturated heterocycles. The number of rotatable bonds is 4. The SMILES string of the molecule is CNC(=O)c1cccc(C(=O)NCc2ccc(F)cc2)c1O. The normalized spacial score (nSPS) is 10.1. The van der Waals surface area contributed by atoms with E-state index in [2.05, 4.69) is 10.6 Å². The number of amides is 2. The summed E-state index contributed by atoms with van der Waals surface area (Å²) in [6.45, 7) is 0.183. The Bertz CT molecular complexity index is 699. The lowest BCUT2D eigenvalue weighted by Crippen LogP contribution is -2.24. The molecule has 0 aliphatic rings. The Hall–Kier alpha value is -2.89. The van der Waals surface area contributed by atoms with Crippen LogP contribution >= 0.6 is 0 Å². The lowest BCUT2D eigenvalue weighted by molar-refractivity contribution is 0.0948. The van der Waals surface area contributed by atoms with Gasteiger partial charge in [0.25, 0.3) is 11.8 Å². The van der Waals surface area contributed by atoms with Gasteiger partial charge < -0.3 is 15.7 Å². The molecule has 2 amide bonds. The second-order valence-corrected chi connectivity index (χ2v) is 4.59. The van der Waals surface area contributed by atoms with Crippen LogP contribution in [0, 0.1) is 5.82 Å². The van der Waals surface area contributed by atoms with E-state index in [1.807, 2.05) is 0 Å². The van der Waals surface area contributed by atoms with Crippen molar-refractivity contribution in [2.24, 2.45) is 0 Å². The fraction of sp³-hybridized carbons (Fsp3) is 0.125. The van der Waals surface area contributed by atoms with Crippen LogP contribution in [0.25, 0.3) is 0 Å². The molecule has 2 aromatic carbocycles. The van der Waals surface area contributed by atoms with Crippen LogP contribution in [0.1, 0.15) is 26.3 Å². The van der Waals surface area contributed by atoms with Crippen LogP contribution in [0.3, 0.4) is 0 Å². The van der Waals surface area contributed by atoms with Gasteiger partial charge in [-0.2, -0.15) is 0 Å². The number of nitrogens with one attached hydrogen (secondary N) is 2. The molecule has 0 unspecified atom stereocenters. The molecule has 0 aromatic heterocycles. The molecule has 0 heterocycles. The first-order chi connectivity index (χ1) is 10.5. The molecule has 3 N–H and O–H groups in total. The number of hydrogen-bond acceptors (Lipinski definition) is 3. The zero-order valence-electron chi connectivity index (χ0n) is 11.9. The van der Waals surface area contributed by atoms with Gasteiger partial charge in [0.05, 0.1) is 11.1 Å². The van der Waals surface area contributed by atoms with Gasteiger partial charge in [-0.05, 0) is 29.8 Å². The third kappa shape index (κ3) is 3.41. The minimum Gasteiger partial charge on any atom is -0.506 e. The zero-order chi connectivity index (χ0) is 16.1. The molecule has 0 fully saturated rings. The minimum absolute atomic E-state index is 0.00297. The van der Waals surface area contributed by atoms with Crippen molar-refractivity contribution >= 4 is 11.8 Å². The number of hydrogen-bond donors (Lipinski definition) is 3. The highest BCUT2D eigenvalue weighted by Crippen LogP contribution is 2.22. The lowest BCUT2D eigenvalue weighted by Gasteiger charge is -2.09. The molecule has 2 aromatic rings. The number of benzene rings is 2. The molecule has 22 heavy (non-hydrogen) atoms. The molecule has 0 spiro atoms. The summed E-state index contributed by atoms with van der Waals surface area (Å²) in [6, 6.07) is 10.0. The maximum Gasteiger partial charge on any atom is 0.255 e. The molecule has 2 rings (SSSR count). The summed E-state index contributed by atoms with van der Waals surface area (Å²) in [5.41, 5.74) is 0.747. The lowest BCUT2D eigenvalue weighted by atomic mass is 10.1.